The highest BCUT2D eigenvalue weighted by Gasteiger charge is 2.07. The van der Waals surface area contributed by atoms with Crippen LogP contribution in [0.25, 0.3) is 22.3 Å². The molecule has 0 aliphatic rings. The van der Waals surface area contributed by atoms with Crippen LogP contribution >= 0.6 is 0 Å². The molecule has 1 atom stereocenters. The van der Waals surface area contributed by atoms with Crippen LogP contribution in [0, 0.1) is 0 Å². The third kappa shape index (κ3) is 1.76. The third-order valence-corrected chi connectivity index (χ3v) is 3.06. The predicted octanol–water partition coefficient (Wildman–Crippen LogP) is 2.64. The summed E-state index contributed by atoms with van der Waals surface area (Å²) in [5.74, 6) is 0. The molecule has 4 heteroatoms. The Labute approximate surface area is 105 Å². The lowest BCUT2D eigenvalue weighted by atomic mass is 10.0. The van der Waals surface area contributed by atoms with Gasteiger partial charge in [-0.1, -0.05) is 24.3 Å². The molecular formula is C14H14N4. The minimum atomic E-state index is 0.0525. The zero-order valence-corrected chi connectivity index (χ0v) is 10.1. The van der Waals surface area contributed by atoms with E-state index in [4.69, 9.17) is 5.73 Å². The molecule has 0 radical (unpaired) electrons. The van der Waals surface area contributed by atoms with Crippen LogP contribution in [0.3, 0.4) is 0 Å². The summed E-state index contributed by atoms with van der Waals surface area (Å²) < 4.78 is 0. The molecule has 0 aliphatic heterocycles. The molecular weight excluding hydrogens is 224 g/mol. The summed E-state index contributed by atoms with van der Waals surface area (Å²) in [5, 5.41) is 1.03. The number of nitrogens with two attached hydrogens (primary N) is 1. The van der Waals surface area contributed by atoms with Gasteiger partial charge in [-0.15, -0.1) is 0 Å². The van der Waals surface area contributed by atoms with Crippen LogP contribution in [0.15, 0.2) is 42.9 Å². The number of nitrogens with zero attached hydrogens (tertiary/aromatic N) is 2. The van der Waals surface area contributed by atoms with Crippen molar-refractivity contribution in [3.05, 3.63) is 48.4 Å². The standard InChI is InChI=1S/C14H14N4/c1-9(15)10-2-4-11(5-3-10)13-12-6-7-16-14(12)18-8-17-13/h2-9H,15H2,1H3,(H,16,17,18). The molecule has 1 unspecified atom stereocenters. The Morgan fingerprint density at radius 3 is 2.61 bits per heavy atom. The van der Waals surface area contributed by atoms with Gasteiger partial charge in [0, 0.05) is 23.2 Å². The number of hydrogen-bond acceptors (Lipinski definition) is 3. The van der Waals surface area contributed by atoms with Crippen molar-refractivity contribution in [3.63, 3.8) is 0 Å². The second-order valence-corrected chi connectivity index (χ2v) is 4.37. The maximum Gasteiger partial charge on any atom is 0.141 e. The van der Waals surface area contributed by atoms with E-state index in [0.29, 0.717) is 0 Å². The van der Waals surface area contributed by atoms with Crippen molar-refractivity contribution in [2.45, 2.75) is 13.0 Å². The number of H-pyrrole nitrogens is 1. The van der Waals surface area contributed by atoms with E-state index in [-0.39, 0.29) is 6.04 Å². The highest BCUT2D eigenvalue weighted by atomic mass is 14.9. The molecule has 4 nitrogen and oxygen atoms in total. The number of nitrogens with one attached hydrogen (secondary N) is 1. The van der Waals surface area contributed by atoms with E-state index in [1.165, 1.54) is 0 Å². The average molecular weight is 238 g/mol. The minimum Gasteiger partial charge on any atom is -0.346 e. The molecule has 1 aromatic carbocycles. The van der Waals surface area contributed by atoms with Crippen LogP contribution in [0.4, 0.5) is 0 Å². The minimum absolute atomic E-state index is 0.0525. The number of fused-ring (bicyclic) bond motifs is 1. The van der Waals surface area contributed by atoms with Crippen LogP contribution in [-0.2, 0) is 0 Å². The largest absolute Gasteiger partial charge is 0.346 e. The fourth-order valence-corrected chi connectivity index (χ4v) is 2.05. The van der Waals surface area contributed by atoms with Gasteiger partial charge < -0.3 is 10.7 Å². The molecule has 0 bridgehead atoms. The number of rotatable bonds is 2. The van der Waals surface area contributed by atoms with Crippen molar-refractivity contribution in [3.8, 4) is 11.3 Å². The summed E-state index contributed by atoms with van der Waals surface area (Å²) in [7, 11) is 0. The maximum atomic E-state index is 5.85. The van der Waals surface area contributed by atoms with E-state index in [0.717, 1.165) is 27.9 Å². The van der Waals surface area contributed by atoms with Gasteiger partial charge in [0.25, 0.3) is 0 Å². The second-order valence-electron chi connectivity index (χ2n) is 4.37. The first-order chi connectivity index (χ1) is 8.75. The Morgan fingerprint density at radius 1 is 1.11 bits per heavy atom. The molecule has 3 rings (SSSR count). The first-order valence-electron chi connectivity index (χ1n) is 5.90. The summed E-state index contributed by atoms with van der Waals surface area (Å²) in [6.45, 7) is 1.98. The lowest BCUT2D eigenvalue weighted by molar-refractivity contribution is 0.818. The highest BCUT2D eigenvalue weighted by molar-refractivity contribution is 5.90. The number of hydrogen-bond donors (Lipinski definition) is 2. The summed E-state index contributed by atoms with van der Waals surface area (Å²) in [4.78, 5) is 11.6. The Balaban J connectivity index is 2.11. The molecule has 2 heterocycles. The molecule has 18 heavy (non-hydrogen) atoms. The lowest BCUT2D eigenvalue weighted by Gasteiger charge is -2.07. The summed E-state index contributed by atoms with van der Waals surface area (Å²) in [6, 6.07) is 10.2. The van der Waals surface area contributed by atoms with Gasteiger partial charge in [-0.3, -0.25) is 0 Å². The van der Waals surface area contributed by atoms with E-state index in [1.54, 1.807) is 6.33 Å². The summed E-state index contributed by atoms with van der Waals surface area (Å²) in [6.07, 6.45) is 3.45. The highest BCUT2D eigenvalue weighted by Crippen LogP contribution is 2.25. The predicted molar refractivity (Wildman–Crippen MR) is 71.9 cm³/mol. The van der Waals surface area contributed by atoms with Crippen LogP contribution in [0.1, 0.15) is 18.5 Å². The molecule has 0 amide bonds. The van der Waals surface area contributed by atoms with E-state index in [9.17, 15) is 0 Å². The molecule has 0 spiro atoms. The van der Waals surface area contributed by atoms with Gasteiger partial charge in [-0.25, -0.2) is 9.97 Å². The molecule has 90 valence electrons. The van der Waals surface area contributed by atoms with Crippen LogP contribution in [-0.4, -0.2) is 15.0 Å². The molecule has 3 aromatic rings. The van der Waals surface area contributed by atoms with Crippen molar-refractivity contribution in [1.29, 1.82) is 0 Å². The first kappa shape index (κ1) is 10.9. The first-order valence-corrected chi connectivity index (χ1v) is 5.90. The zero-order valence-electron chi connectivity index (χ0n) is 10.1. The van der Waals surface area contributed by atoms with Crippen LogP contribution in [0.5, 0.6) is 0 Å². The van der Waals surface area contributed by atoms with Crippen molar-refractivity contribution in [1.82, 2.24) is 15.0 Å². The monoisotopic (exact) mass is 238 g/mol. The number of aromatic nitrogens is 3. The zero-order chi connectivity index (χ0) is 12.5. The van der Waals surface area contributed by atoms with Crippen molar-refractivity contribution in [2.75, 3.05) is 0 Å². The Bertz CT molecular complexity index is 668. The number of aromatic amines is 1. The SMILES string of the molecule is CC(N)c1ccc(-c2ncnc3[nH]ccc23)cc1. The van der Waals surface area contributed by atoms with Crippen molar-refractivity contribution >= 4 is 11.0 Å². The fraction of sp³-hybridized carbons (Fsp3) is 0.143. The Hall–Kier alpha value is -2.20. The fourth-order valence-electron chi connectivity index (χ4n) is 2.05. The summed E-state index contributed by atoms with van der Waals surface area (Å²) >= 11 is 0. The van der Waals surface area contributed by atoms with Gasteiger partial charge >= 0.3 is 0 Å². The smallest absolute Gasteiger partial charge is 0.141 e. The van der Waals surface area contributed by atoms with Crippen LogP contribution in [0.2, 0.25) is 0 Å². The normalized spacial score (nSPS) is 12.8. The molecule has 0 saturated carbocycles. The average Bonchev–Trinajstić information content (AvgIpc) is 2.87. The van der Waals surface area contributed by atoms with E-state index in [1.807, 2.05) is 43.5 Å². The molecule has 3 N–H and O–H groups in total. The van der Waals surface area contributed by atoms with Crippen molar-refractivity contribution < 1.29 is 0 Å². The Kier molecular flexibility index (Phi) is 2.57. The quantitative estimate of drug-likeness (QED) is 0.721. The van der Waals surface area contributed by atoms with Gasteiger partial charge in [0.05, 0.1) is 5.69 Å². The van der Waals surface area contributed by atoms with Gasteiger partial charge in [0.15, 0.2) is 0 Å². The van der Waals surface area contributed by atoms with Gasteiger partial charge in [0.2, 0.25) is 0 Å². The molecule has 2 aromatic heterocycles. The summed E-state index contributed by atoms with van der Waals surface area (Å²) in [5.41, 5.74) is 9.84. The maximum absolute atomic E-state index is 5.85. The molecule has 0 aliphatic carbocycles. The van der Waals surface area contributed by atoms with Gasteiger partial charge in [0.1, 0.15) is 12.0 Å². The van der Waals surface area contributed by atoms with Crippen LogP contribution < -0.4 is 5.73 Å². The van der Waals surface area contributed by atoms with Gasteiger partial charge in [-0.05, 0) is 18.6 Å². The molecule has 0 fully saturated rings. The topological polar surface area (TPSA) is 67.6 Å². The Morgan fingerprint density at radius 2 is 1.89 bits per heavy atom. The molecule has 0 saturated heterocycles. The van der Waals surface area contributed by atoms with E-state index < -0.39 is 0 Å². The second kappa shape index (κ2) is 4.23. The van der Waals surface area contributed by atoms with E-state index >= 15 is 0 Å². The third-order valence-electron chi connectivity index (χ3n) is 3.06. The van der Waals surface area contributed by atoms with Gasteiger partial charge in [-0.2, -0.15) is 0 Å². The van der Waals surface area contributed by atoms with E-state index in [2.05, 4.69) is 15.0 Å². The van der Waals surface area contributed by atoms with Crippen molar-refractivity contribution in [2.24, 2.45) is 5.73 Å². The lowest BCUT2D eigenvalue weighted by Crippen LogP contribution is -2.04. The number of benzene rings is 1.